The van der Waals surface area contributed by atoms with Gasteiger partial charge in [0.2, 0.25) is 0 Å². The van der Waals surface area contributed by atoms with Crippen LogP contribution in [0.4, 0.5) is 4.79 Å². The Morgan fingerprint density at radius 3 is 2.28 bits per heavy atom. The molecule has 2 aliphatic carbocycles. The van der Waals surface area contributed by atoms with Gasteiger partial charge < -0.3 is 15.7 Å². The average molecular weight is 254 g/mol. The van der Waals surface area contributed by atoms with Crippen LogP contribution in [0, 0.1) is 17.8 Å². The predicted octanol–water partition coefficient (Wildman–Crippen LogP) is 1.58. The maximum Gasteiger partial charge on any atom is 0.326 e. The SMILES string of the molecule is CC1CCC(NC(=O)NC(C(=O)O)C2CC2)C1C. The third-order valence-corrected chi connectivity index (χ3v) is 4.43. The van der Waals surface area contributed by atoms with Gasteiger partial charge in [0.15, 0.2) is 0 Å². The molecule has 0 aromatic heterocycles. The summed E-state index contributed by atoms with van der Waals surface area (Å²) in [5, 5.41) is 14.5. The molecule has 0 saturated heterocycles. The van der Waals surface area contributed by atoms with E-state index in [1.165, 1.54) is 0 Å². The quantitative estimate of drug-likeness (QED) is 0.712. The molecule has 0 bridgehead atoms. The second-order valence-electron chi connectivity index (χ2n) is 5.79. The molecule has 0 aliphatic heterocycles. The van der Waals surface area contributed by atoms with Gasteiger partial charge in [-0.2, -0.15) is 0 Å². The zero-order valence-corrected chi connectivity index (χ0v) is 11.0. The molecule has 2 rings (SSSR count). The lowest BCUT2D eigenvalue weighted by atomic mass is 9.98. The minimum atomic E-state index is -0.930. The molecule has 2 saturated carbocycles. The summed E-state index contributed by atoms with van der Waals surface area (Å²) in [6.45, 7) is 4.33. The van der Waals surface area contributed by atoms with E-state index in [4.69, 9.17) is 5.11 Å². The normalized spacial score (nSPS) is 32.9. The molecule has 3 N–H and O–H groups in total. The molecular formula is C13H22N2O3. The molecular weight excluding hydrogens is 232 g/mol. The lowest BCUT2D eigenvalue weighted by Crippen LogP contribution is -2.50. The van der Waals surface area contributed by atoms with E-state index in [1.807, 2.05) is 0 Å². The van der Waals surface area contributed by atoms with Crippen molar-refractivity contribution in [2.24, 2.45) is 17.8 Å². The van der Waals surface area contributed by atoms with E-state index in [0.29, 0.717) is 11.8 Å². The van der Waals surface area contributed by atoms with Gasteiger partial charge in [0, 0.05) is 6.04 Å². The Hall–Kier alpha value is -1.26. The highest BCUT2D eigenvalue weighted by Gasteiger charge is 2.38. The molecule has 2 aliphatic rings. The van der Waals surface area contributed by atoms with Crippen LogP contribution in [0.2, 0.25) is 0 Å². The summed E-state index contributed by atoms with van der Waals surface area (Å²) in [7, 11) is 0. The van der Waals surface area contributed by atoms with Gasteiger partial charge in [-0.15, -0.1) is 0 Å². The summed E-state index contributed by atoms with van der Waals surface area (Å²) in [5.74, 6) is 0.266. The summed E-state index contributed by atoms with van der Waals surface area (Å²) in [5.41, 5.74) is 0. The summed E-state index contributed by atoms with van der Waals surface area (Å²) >= 11 is 0. The van der Waals surface area contributed by atoms with E-state index in [0.717, 1.165) is 25.7 Å². The maximum atomic E-state index is 11.8. The monoisotopic (exact) mass is 254 g/mol. The molecule has 18 heavy (non-hydrogen) atoms. The van der Waals surface area contributed by atoms with Crippen LogP contribution < -0.4 is 10.6 Å². The van der Waals surface area contributed by atoms with Crippen LogP contribution in [0.25, 0.3) is 0 Å². The van der Waals surface area contributed by atoms with Crippen molar-refractivity contribution in [3.05, 3.63) is 0 Å². The second-order valence-corrected chi connectivity index (χ2v) is 5.79. The number of aliphatic carboxylic acids is 1. The number of urea groups is 1. The average Bonchev–Trinajstić information content (AvgIpc) is 3.09. The third-order valence-electron chi connectivity index (χ3n) is 4.43. The second kappa shape index (κ2) is 5.16. The molecule has 4 unspecified atom stereocenters. The maximum absolute atomic E-state index is 11.8. The smallest absolute Gasteiger partial charge is 0.326 e. The highest BCUT2D eigenvalue weighted by molar-refractivity contribution is 5.83. The third kappa shape index (κ3) is 2.94. The lowest BCUT2D eigenvalue weighted by Gasteiger charge is -2.21. The molecule has 5 nitrogen and oxygen atoms in total. The number of carboxylic acids is 1. The van der Waals surface area contributed by atoms with Gasteiger partial charge in [-0.05, 0) is 43.4 Å². The highest BCUT2D eigenvalue weighted by atomic mass is 16.4. The number of nitrogens with one attached hydrogen (secondary N) is 2. The van der Waals surface area contributed by atoms with Gasteiger partial charge in [0.25, 0.3) is 0 Å². The largest absolute Gasteiger partial charge is 0.480 e. The number of amides is 2. The van der Waals surface area contributed by atoms with E-state index in [9.17, 15) is 9.59 Å². The van der Waals surface area contributed by atoms with Crippen molar-refractivity contribution in [1.29, 1.82) is 0 Å². The highest BCUT2D eigenvalue weighted by Crippen LogP contribution is 2.33. The van der Waals surface area contributed by atoms with Crippen LogP contribution in [0.3, 0.4) is 0 Å². The van der Waals surface area contributed by atoms with E-state index >= 15 is 0 Å². The summed E-state index contributed by atoms with van der Waals surface area (Å²) in [4.78, 5) is 22.8. The van der Waals surface area contributed by atoms with Crippen LogP contribution in [-0.2, 0) is 4.79 Å². The van der Waals surface area contributed by atoms with Crippen LogP contribution >= 0.6 is 0 Å². The Balaban J connectivity index is 1.82. The number of carbonyl (C=O) groups is 2. The van der Waals surface area contributed by atoms with Crippen molar-refractivity contribution in [3.63, 3.8) is 0 Å². The van der Waals surface area contributed by atoms with Crippen LogP contribution in [0.15, 0.2) is 0 Å². The number of carboxylic acid groups (broad SMARTS) is 1. The number of hydrogen-bond donors (Lipinski definition) is 3. The zero-order valence-electron chi connectivity index (χ0n) is 11.0. The van der Waals surface area contributed by atoms with Gasteiger partial charge in [0.05, 0.1) is 0 Å². The van der Waals surface area contributed by atoms with E-state index in [2.05, 4.69) is 24.5 Å². The van der Waals surface area contributed by atoms with E-state index in [1.54, 1.807) is 0 Å². The molecule has 2 amide bonds. The Labute approximate surface area is 107 Å². The van der Waals surface area contributed by atoms with Gasteiger partial charge in [-0.3, -0.25) is 0 Å². The Morgan fingerprint density at radius 2 is 1.83 bits per heavy atom. The molecule has 0 aromatic carbocycles. The summed E-state index contributed by atoms with van der Waals surface area (Å²) in [6.07, 6.45) is 3.90. The van der Waals surface area contributed by atoms with Gasteiger partial charge in [-0.1, -0.05) is 13.8 Å². The lowest BCUT2D eigenvalue weighted by molar-refractivity contribution is -0.139. The Morgan fingerprint density at radius 1 is 1.17 bits per heavy atom. The van der Waals surface area contributed by atoms with Gasteiger partial charge >= 0.3 is 12.0 Å². The fourth-order valence-corrected chi connectivity index (χ4v) is 2.73. The van der Waals surface area contributed by atoms with Crippen molar-refractivity contribution < 1.29 is 14.7 Å². The molecule has 5 heteroatoms. The number of hydrogen-bond acceptors (Lipinski definition) is 2. The molecule has 2 fully saturated rings. The molecule has 102 valence electrons. The van der Waals surface area contributed by atoms with Crippen LogP contribution in [0.5, 0.6) is 0 Å². The van der Waals surface area contributed by atoms with Crippen LogP contribution in [-0.4, -0.2) is 29.2 Å². The van der Waals surface area contributed by atoms with Crippen molar-refractivity contribution >= 4 is 12.0 Å². The Kier molecular flexibility index (Phi) is 3.78. The topological polar surface area (TPSA) is 78.4 Å². The molecule has 0 aromatic rings. The summed E-state index contributed by atoms with van der Waals surface area (Å²) < 4.78 is 0. The fraction of sp³-hybridized carbons (Fsp3) is 0.846. The van der Waals surface area contributed by atoms with Crippen molar-refractivity contribution in [1.82, 2.24) is 10.6 Å². The first-order chi connectivity index (χ1) is 8.49. The molecule has 4 atom stereocenters. The van der Waals surface area contributed by atoms with Gasteiger partial charge in [0.1, 0.15) is 6.04 Å². The van der Waals surface area contributed by atoms with Gasteiger partial charge in [-0.25, -0.2) is 9.59 Å². The van der Waals surface area contributed by atoms with E-state index < -0.39 is 12.0 Å². The first-order valence-electron chi connectivity index (χ1n) is 6.79. The standard InChI is InChI=1S/C13H22N2O3/c1-7-3-6-10(8(7)2)14-13(18)15-11(12(16)17)9-4-5-9/h7-11H,3-6H2,1-2H3,(H,16,17)(H2,14,15,18). The fourth-order valence-electron chi connectivity index (χ4n) is 2.73. The minimum absolute atomic E-state index is 0.119. The predicted molar refractivity (Wildman–Crippen MR) is 67.2 cm³/mol. The number of carbonyl (C=O) groups excluding carboxylic acids is 1. The first-order valence-corrected chi connectivity index (χ1v) is 6.79. The molecule has 0 heterocycles. The van der Waals surface area contributed by atoms with Crippen molar-refractivity contribution in [3.8, 4) is 0 Å². The minimum Gasteiger partial charge on any atom is -0.480 e. The van der Waals surface area contributed by atoms with Crippen molar-refractivity contribution in [2.75, 3.05) is 0 Å². The summed E-state index contributed by atoms with van der Waals surface area (Å²) in [6, 6.07) is -0.881. The van der Waals surface area contributed by atoms with E-state index in [-0.39, 0.29) is 18.0 Å². The first kappa shape index (κ1) is 13.2. The Bertz CT molecular complexity index is 341. The molecule has 0 radical (unpaired) electrons. The van der Waals surface area contributed by atoms with Crippen LogP contribution in [0.1, 0.15) is 39.5 Å². The zero-order chi connectivity index (χ0) is 13.3. The number of rotatable bonds is 4. The molecule has 0 spiro atoms. The van der Waals surface area contributed by atoms with Crippen molar-refractivity contribution in [2.45, 2.75) is 51.6 Å².